The molecule has 1 heterocycles. The normalized spacial score (nSPS) is 16.6. The van der Waals surface area contributed by atoms with Crippen LogP contribution in [0.25, 0.3) is 0 Å². The van der Waals surface area contributed by atoms with Gasteiger partial charge in [0.15, 0.2) is 0 Å². The first-order chi connectivity index (χ1) is 11.0. The van der Waals surface area contributed by atoms with Gasteiger partial charge in [0.2, 0.25) is 0 Å². The maximum absolute atomic E-state index is 12.1. The molecular formula is C17H26ClN3O2. The second-order valence-corrected chi connectivity index (χ2v) is 6.73. The molecule has 2 rings (SSSR count). The van der Waals surface area contributed by atoms with Crippen LogP contribution in [-0.4, -0.2) is 69.1 Å². The predicted molar refractivity (Wildman–Crippen MR) is 93.5 cm³/mol. The highest BCUT2D eigenvalue weighted by Gasteiger charge is 2.19. The molecular weight excluding hydrogens is 314 g/mol. The van der Waals surface area contributed by atoms with E-state index in [0.717, 1.165) is 32.5 Å². The lowest BCUT2D eigenvalue weighted by atomic mass is 10.1. The molecule has 0 bridgehead atoms. The third-order valence-electron chi connectivity index (χ3n) is 4.00. The van der Waals surface area contributed by atoms with Gasteiger partial charge in [-0.1, -0.05) is 11.6 Å². The van der Waals surface area contributed by atoms with Gasteiger partial charge in [0.1, 0.15) is 11.9 Å². The standard InChI is InChI=1S/C17H26ClN3O2/c1-20(2)11-8-19-17(22)13-4-5-16(15(18)12-13)23-14-6-9-21(3)10-7-14/h4-5,12,14H,6-11H2,1-3H3,(H,19,22). The number of halogens is 1. The highest BCUT2D eigenvalue weighted by Crippen LogP contribution is 2.28. The van der Waals surface area contributed by atoms with Crippen molar-refractivity contribution in [3.05, 3.63) is 28.8 Å². The van der Waals surface area contributed by atoms with Crippen molar-refractivity contribution in [2.24, 2.45) is 0 Å². The molecule has 0 aromatic heterocycles. The third-order valence-corrected chi connectivity index (χ3v) is 4.29. The van der Waals surface area contributed by atoms with Crippen molar-refractivity contribution in [3.63, 3.8) is 0 Å². The quantitative estimate of drug-likeness (QED) is 0.862. The fourth-order valence-corrected chi connectivity index (χ4v) is 2.74. The number of nitrogens with one attached hydrogen (secondary N) is 1. The van der Waals surface area contributed by atoms with Crippen molar-refractivity contribution in [2.75, 3.05) is 47.3 Å². The molecule has 1 aromatic carbocycles. The van der Waals surface area contributed by atoms with E-state index in [2.05, 4.69) is 17.3 Å². The van der Waals surface area contributed by atoms with Crippen molar-refractivity contribution in [1.82, 2.24) is 15.1 Å². The Balaban J connectivity index is 1.90. The lowest BCUT2D eigenvalue weighted by Crippen LogP contribution is -2.35. The lowest BCUT2D eigenvalue weighted by molar-refractivity contribution is 0.0950. The maximum Gasteiger partial charge on any atom is 0.251 e. The summed E-state index contributed by atoms with van der Waals surface area (Å²) >= 11 is 6.28. The molecule has 0 radical (unpaired) electrons. The number of ether oxygens (including phenoxy) is 1. The number of likely N-dealkylation sites (tertiary alicyclic amines) is 1. The van der Waals surface area contributed by atoms with Gasteiger partial charge in [-0.15, -0.1) is 0 Å². The topological polar surface area (TPSA) is 44.8 Å². The molecule has 0 aliphatic carbocycles. The van der Waals surface area contributed by atoms with E-state index >= 15 is 0 Å². The van der Waals surface area contributed by atoms with Gasteiger partial charge in [-0.3, -0.25) is 4.79 Å². The number of hydrogen-bond donors (Lipinski definition) is 1. The molecule has 1 aliphatic heterocycles. The fourth-order valence-electron chi connectivity index (χ4n) is 2.52. The van der Waals surface area contributed by atoms with Crippen LogP contribution in [0, 0.1) is 0 Å². The zero-order chi connectivity index (χ0) is 16.8. The number of amides is 1. The molecule has 1 aromatic rings. The summed E-state index contributed by atoms with van der Waals surface area (Å²) in [4.78, 5) is 16.4. The van der Waals surface area contributed by atoms with Crippen molar-refractivity contribution in [1.29, 1.82) is 0 Å². The van der Waals surface area contributed by atoms with Crippen LogP contribution in [0.4, 0.5) is 0 Å². The first-order valence-corrected chi connectivity index (χ1v) is 8.41. The molecule has 5 nitrogen and oxygen atoms in total. The number of benzene rings is 1. The summed E-state index contributed by atoms with van der Waals surface area (Å²) in [7, 11) is 6.06. The van der Waals surface area contributed by atoms with Crippen LogP contribution in [0.15, 0.2) is 18.2 Å². The summed E-state index contributed by atoms with van der Waals surface area (Å²) in [6.45, 7) is 3.48. The Kier molecular flexibility index (Phi) is 6.69. The molecule has 0 saturated carbocycles. The van der Waals surface area contributed by atoms with Gasteiger partial charge in [-0.25, -0.2) is 0 Å². The van der Waals surface area contributed by atoms with E-state index in [1.165, 1.54) is 0 Å². The van der Waals surface area contributed by atoms with Gasteiger partial charge in [-0.05, 0) is 52.2 Å². The third kappa shape index (κ3) is 5.68. The molecule has 6 heteroatoms. The predicted octanol–water partition coefficient (Wildman–Crippen LogP) is 2.10. The van der Waals surface area contributed by atoms with Crippen molar-refractivity contribution in [2.45, 2.75) is 18.9 Å². The lowest BCUT2D eigenvalue weighted by Gasteiger charge is -2.29. The van der Waals surface area contributed by atoms with E-state index in [9.17, 15) is 4.79 Å². The smallest absolute Gasteiger partial charge is 0.251 e. The molecule has 1 fully saturated rings. The Morgan fingerprint density at radius 1 is 1.39 bits per heavy atom. The van der Waals surface area contributed by atoms with E-state index in [1.807, 2.05) is 19.0 Å². The minimum atomic E-state index is -0.111. The average molecular weight is 340 g/mol. The van der Waals surface area contributed by atoms with E-state index in [1.54, 1.807) is 18.2 Å². The Morgan fingerprint density at radius 2 is 2.09 bits per heavy atom. The zero-order valence-corrected chi connectivity index (χ0v) is 14.9. The summed E-state index contributed by atoms with van der Waals surface area (Å²) in [6.07, 6.45) is 2.20. The van der Waals surface area contributed by atoms with E-state index in [-0.39, 0.29) is 12.0 Å². The van der Waals surface area contributed by atoms with Crippen LogP contribution in [0.3, 0.4) is 0 Å². The highest BCUT2D eigenvalue weighted by molar-refractivity contribution is 6.32. The first-order valence-electron chi connectivity index (χ1n) is 8.03. The van der Waals surface area contributed by atoms with Crippen LogP contribution in [0.1, 0.15) is 23.2 Å². The molecule has 23 heavy (non-hydrogen) atoms. The van der Waals surface area contributed by atoms with Crippen molar-refractivity contribution >= 4 is 17.5 Å². The van der Waals surface area contributed by atoms with E-state index in [0.29, 0.717) is 22.9 Å². The number of hydrogen-bond acceptors (Lipinski definition) is 4. The summed E-state index contributed by atoms with van der Waals surface area (Å²) in [5.41, 5.74) is 0.560. The minimum absolute atomic E-state index is 0.111. The van der Waals surface area contributed by atoms with Gasteiger partial charge in [-0.2, -0.15) is 0 Å². The summed E-state index contributed by atoms with van der Waals surface area (Å²) in [5.74, 6) is 0.547. The average Bonchev–Trinajstić information content (AvgIpc) is 2.51. The van der Waals surface area contributed by atoms with Gasteiger partial charge < -0.3 is 19.9 Å². The summed E-state index contributed by atoms with van der Waals surface area (Å²) in [5, 5.41) is 3.37. The van der Waals surface area contributed by atoms with Gasteiger partial charge in [0.05, 0.1) is 5.02 Å². The second kappa shape index (κ2) is 8.52. The fraction of sp³-hybridized carbons (Fsp3) is 0.588. The highest BCUT2D eigenvalue weighted by atomic mass is 35.5. The number of piperidine rings is 1. The van der Waals surface area contributed by atoms with Crippen LogP contribution in [-0.2, 0) is 0 Å². The Morgan fingerprint density at radius 3 is 2.70 bits per heavy atom. The SMILES string of the molecule is CN(C)CCNC(=O)c1ccc(OC2CCN(C)CC2)c(Cl)c1. The Labute approximate surface area is 143 Å². The number of carbonyl (C=O) groups excluding carboxylic acids is 1. The summed E-state index contributed by atoms with van der Waals surface area (Å²) in [6, 6.07) is 5.24. The van der Waals surface area contributed by atoms with Crippen LogP contribution in [0.5, 0.6) is 5.75 Å². The molecule has 1 amide bonds. The van der Waals surface area contributed by atoms with E-state index in [4.69, 9.17) is 16.3 Å². The number of likely N-dealkylation sites (N-methyl/N-ethyl adjacent to an activating group) is 1. The second-order valence-electron chi connectivity index (χ2n) is 6.32. The molecule has 0 atom stereocenters. The Bertz CT molecular complexity index is 529. The Hall–Kier alpha value is -1.30. The molecule has 128 valence electrons. The molecule has 0 spiro atoms. The van der Waals surface area contributed by atoms with Crippen molar-refractivity contribution < 1.29 is 9.53 Å². The maximum atomic E-state index is 12.1. The molecule has 0 unspecified atom stereocenters. The van der Waals surface area contributed by atoms with Crippen LogP contribution in [0.2, 0.25) is 5.02 Å². The summed E-state index contributed by atoms with van der Waals surface area (Å²) < 4.78 is 5.98. The molecule has 1 N–H and O–H groups in total. The largest absolute Gasteiger partial charge is 0.489 e. The first kappa shape index (κ1) is 18.0. The van der Waals surface area contributed by atoms with Gasteiger partial charge in [0, 0.05) is 31.7 Å². The number of carbonyl (C=O) groups is 1. The number of nitrogens with zero attached hydrogens (tertiary/aromatic N) is 2. The van der Waals surface area contributed by atoms with Crippen molar-refractivity contribution in [3.8, 4) is 5.75 Å². The van der Waals surface area contributed by atoms with Crippen LogP contribution < -0.4 is 10.1 Å². The van der Waals surface area contributed by atoms with Gasteiger partial charge in [0.25, 0.3) is 5.91 Å². The number of rotatable bonds is 6. The minimum Gasteiger partial charge on any atom is -0.489 e. The zero-order valence-electron chi connectivity index (χ0n) is 14.1. The monoisotopic (exact) mass is 339 g/mol. The van der Waals surface area contributed by atoms with E-state index < -0.39 is 0 Å². The van der Waals surface area contributed by atoms with Gasteiger partial charge >= 0.3 is 0 Å². The molecule has 1 saturated heterocycles. The van der Waals surface area contributed by atoms with Crippen LogP contribution >= 0.6 is 11.6 Å². The molecule has 1 aliphatic rings.